The van der Waals surface area contributed by atoms with Gasteiger partial charge in [-0.25, -0.2) is 4.79 Å². The van der Waals surface area contributed by atoms with E-state index in [2.05, 4.69) is 116 Å². The number of hydrogen-bond donors (Lipinski definition) is 4. The van der Waals surface area contributed by atoms with Gasteiger partial charge in [-0.3, -0.25) is 19.7 Å². The molecule has 0 saturated carbocycles. The highest BCUT2D eigenvalue weighted by Gasteiger charge is 2.48. The number of rotatable bonds is 21. The summed E-state index contributed by atoms with van der Waals surface area (Å²) < 4.78 is 25.1. The van der Waals surface area contributed by atoms with Crippen LogP contribution in [0.15, 0.2) is 91.1 Å². The van der Waals surface area contributed by atoms with Crippen molar-refractivity contribution in [2.75, 3.05) is 25.6 Å². The van der Waals surface area contributed by atoms with Crippen molar-refractivity contribution in [3.05, 3.63) is 123 Å². The molecule has 1 aliphatic heterocycles. The molecular formula is C57H79N5O10Si2. The number of nitrogens with one attached hydrogen (secondary N) is 3. The maximum absolute atomic E-state index is 14.8. The molecule has 0 spiro atoms. The second-order valence-electron chi connectivity index (χ2n) is 22.6. The van der Waals surface area contributed by atoms with Crippen LogP contribution in [0.25, 0.3) is 16.7 Å². The smallest absolute Gasteiger partial charge is 0.407 e. The lowest BCUT2D eigenvalue weighted by Gasteiger charge is -2.42. The lowest BCUT2D eigenvalue weighted by atomic mass is 9.97. The number of carbonyl (C=O) groups is 3. The van der Waals surface area contributed by atoms with Crippen LogP contribution < -0.4 is 25.1 Å². The summed E-state index contributed by atoms with van der Waals surface area (Å²) in [7, 11) is -3.40. The summed E-state index contributed by atoms with van der Waals surface area (Å²) in [6, 6.07) is 25.0. The molecule has 0 fully saturated rings. The lowest BCUT2D eigenvalue weighted by molar-refractivity contribution is -0.385. The van der Waals surface area contributed by atoms with Gasteiger partial charge in [0.25, 0.3) is 25.8 Å². The number of alkyl carbamates (subject to hydrolysis) is 1. The number of fused-ring (bicyclic) bond motifs is 3. The molecule has 74 heavy (non-hydrogen) atoms. The number of aliphatic hydroxyl groups is 1. The van der Waals surface area contributed by atoms with Crippen LogP contribution in [0, 0.1) is 16.0 Å². The molecule has 0 aromatic heterocycles. The number of aliphatic hydroxyl groups excluding tert-OH is 1. The van der Waals surface area contributed by atoms with E-state index in [9.17, 15) is 29.6 Å². The standard InChI is InChI=1S/C57H79N5O10Si2/c1-34(2)52(71-56(66)58-31-48-45-22-18-16-20-43(45)44-21-17-19-23-46(44)48)54(64)59-38(9)53(63)60-41-26-24-39(25-27-41)40-28-42(33-70-73(14,15)57(10,11)12)61(32-40)55(65)47-29-50(69-13)51(30-49(47)62(67)68)72-74(35(3)4,36(5)6)37(7)8/h16-27,29-30,32,34-38,42,48,52-53,60,63H,28,31,33H2,1-15H3,(H,58,66)(H,59,64)/t38-,42-,52-,53-/m0/s1. The highest BCUT2D eigenvalue weighted by Crippen LogP contribution is 2.48. The van der Waals surface area contributed by atoms with Crippen molar-refractivity contribution in [2.24, 2.45) is 5.92 Å². The zero-order valence-corrected chi connectivity index (χ0v) is 48.0. The number of nitro groups is 1. The number of benzene rings is 4. The van der Waals surface area contributed by atoms with E-state index in [1.54, 1.807) is 44.0 Å². The van der Waals surface area contributed by atoms with Gasteiger partial charge in [0.05, 0.1) is 36.8 Å². The Kier molecular flexibility index (Phi) is 18.0. The van der Waals surface area contributed by atoms with E-state index in [-0.39, 0.29) is 62.9 Å². The van der Waals surface area contributed by atoms with Gasteiger partial charge in [-0.05, 0) is 99.5 Å². The van der Waals surface area contributed by atoms with Gasteiger partial charge >= 0.3 is 6.09 Å². The molecule has 1 aliphatic carbocycles. The van der Waals surface area contributed by atoms with Crippen LogP contribution in [0.2, 0.25) is 34.8 Å². The minimum atomic E-state index is -2.58. The van der Waals surface area contributed by atoms with Crippen LogP contribution in [-0.2, 0) is 14.0 Å². The molecule has 4 aromatic carbocycles. The largest absolute Gasteiger partial charge is 0.540 e. The van der Waals surface area contributed by atoms with Gasteiger partial charge in [0.2, 0.25) is 0 Å². The van der Waals surface area contributed by atoms with Crippen molar-refractivity contribution in [1.29, 1.82) is 0 Å². The highest BCUT2D eigenvalue weighted by atomic mass is 28.4. The van der Waals surface area contributed by atoms with Crippen molar-refractivity contribution < 1.29 is 42.7 Å². The van der Waals surface area contributed by atoms with Crippen LogP contribution in [0.1, 0.15) is 122 Å². The highest BCUT2D eigenvalue weighted by molar-refractivity contribution is 6.78. The minimum Gasteiger partial charge on any atom is -0.540 e. The van der Waals surface area contributed by atoms with Gasteiger partial charge in [0.15, 0.2) is 25.9 Å². The van der Waals surface area contributed by atoms with E-state index < -0.39 is 63.9 Å². The first-order chi connectivity index (χ1) is 34.7. The molecule has 1 heterocycles. The van der Waals surface area contributed by atoms with Crippen LogP contribution in [0.3, 0.4) is 0 Å². The normalized spacial score (nSPS) is 16.1. The van der Waals surface area contributed by atoms with Crippen molar-refractivity contribution in [3.8, 4) is 22.6 Å². The van der Waals surface area contributed by atoms with Crippen LogP contribution >= 0.6 is 0 Å². The summed E-state index contributed by atoms with van der Waals surface area (Å²) >= 11 is 0. The van der Waals surface area contributed by atoms with Crippen molar-refractivity contribution >= 4 is 51.5 Å². The zero-order valence-electron chi connectivity index (χ0n) is 46.0. The first kappa shape index (κ1) is 57.3. The molecule has 0 radical (unpaired) electrons. The summed E-state index contributed by atoms with van der Waals surface area (Å²) in [5.41, 5.74) is 6.72. The Morgan fingerprint density at radius 2 is 1.41 bits per heavy atom. The fraction of sp³-hybridized carbons (Fsp3) is 0.491. The zero-order chi connectivity index (χ0) is 54.6. The molecule has 0 bridgehead atoms. The van der Waals surface area contributed by atoms with Gasteiger partial charge in [0.1, 0.15) is 11.8 Å². The molecule has 2 aliphatic rings. The molecule has 0 unspecified atom stereocenters. The summed E-state index contributed by atoms with van der Waals surface area (Å²) in [5.74, 6) is -1.03. The minimum absolute atomic E-state index is 0.0630. The average molecular weight is 1050 g/mol. The average Bonchev–Trinajstić information content (AvgIpc) is 3.91. The fourth-order valence-corrected chi connectivity index (χ4v) is 16.6. The van der Waals surface area contributed by atoms with Crippen LogP contribution in [0.4, 0.5) is 16.2 Å². The van der Waals surface area contributed by atoms with Crippen molar-refractivity contribution in [1.82, 2.24) is 15.5 Å². The number of anilines is 1. The third-order valence-corrected chi connectivity index (χ3v) is 25.9. The topological polar surface area (TPSA) is 191 Å². The monoisotopic (exact) mass is 1050 g/mol. The molecule has 17 heteroatoms. The summed E-state index contributed by atoms with van der Waals surface area (Å²) in [5, 5.41) is 32.8. The first-order valence-electron chi connectivity index (χ1n) is 25.9. The van der Waals surface area contributed by atoms with Crippen LogP contribution in [0.5, 0.6) is 11.5 Å². The maximum Gasteiger partial charge on any atom is 0.407 e. The third-order valence-electron chi connectivity index (χ3n) is 15.4. The summed E-state index contributed by atoms with van der Waals surface area (Å²) in [6.07, 6.45) is -0.909. The van der Waals surface area contributed by atoms with E-state index in [0.717, 1.165) is 33.4 Å². The number of hydrogen-bond acceptors (Lipinski definition) is 11. The molecule has 4 atom stereocenters. The van der Waals surface area contributed by atoms with Gasteiger partial charge in [0, 0.05) is 30.4 Å². The molecule has 3 amide bonds. The second kappa shape index (κ2) is 23.3. The summed E-state index contributed by atoms with van der Waals surface area (Å²) in [4.78, 5) is 55.5. The van der Waals surface area contributed by atoms with E-state index in [0.29, 0.717) is 18.7 Å². The van der Waals surface area contributed by atoms with E-state index in [4.69, 9.17) is 18.3 Å². The number of carbonyl (C=O) groups excluding carboxylic acids is 3. The Balaban J connectivity index is 1.16. The maximum atomic E-state index is 14.8. The number of ether oxygens (including phenoxy) is 2. The fourth-order valence-electron chi connectivity index (χ4n) is 10.3. The Bertz CT molecular complexity index is 2630. The number of nitrogens with zero attached hydrogens (tertiary/aromatic N) is 2. The van der Waals surface area contributed by atoms with Gasteiger partial charge < -0.3 is 44.3 Å². The molecule has 6 rings (SSSR count). The van der Waals surface area contributed by atoms with Crippen molar-refractivity contribution in [2.45, 2.75) is 155 Å². The Hall–Kier alpha value is -6.02. The number of nitro benzene ring substituents is 1. The Labute approximate surface area is 440 Å². The lowest BCUT2D eigenvalue weighted by Crippen LogP contribution is -2.51. The predicted octanol–water partition coefficient (Wildman–Crippen LogP) is 12.2. The molecule has 4 aromatic rings. The molecule has 4 N–H and O–H groups in total. The number of amides is 3. The molecule has 15 nitrogen and oxygen atoms in total. The molecule has 0 saturated heterocycles. The second-order valence-corrected chi connectivity index (χ2v) is 32.8. The quantitative estimate of drug-likeness (QED) is 0.0269. The predicted molar refractivity (Wildman–Crippen MR) is 298 cm³/mol. The number of methoxy groups -OCH3 is 1. The van der Waals surface area contributed by atoms with E-state index in [1.807, 2.05) is 36.4 Å². The molecule has 400 valence electrons. The molecular weight excluding hydrogens is 971 g/mol. The van der Waals surface area contributed by atoms with Gasteiger partial charge in [-0.1, -0.05) is 137 Å². The Morgan fingerprint density at radius 3 is 1.92 bits per heavy atom. The van der Waals surface area contributed by atoms with Gasteiger partial charge in [-0.2, -0.15) is 0 Å². The third kappa shape index (κ3) is 12.2. The van der Waals surface area contributed by atoms with Crippen LogP contribution in [-0.4, -0.2) is 94.1 Å². The van der Waals surface area contributed by atoms with Crippen molar-refractivity contribution in [3.63, 3.8) is 0 Å². The van der Waals surface area contributed by atoms with E-state index >= 15 is 0 Å². The van der Waals surface area contributed by atoms with Gasteiger partial charge in [-0.15, -0.1) is 0 Å². The first-order valence-corrected chi connectivity index (χ1v) is 31.0. The summed E-state index contributed by atoms with van der Waals surface area (Å²) in [6.45, 7) is 29.2. The van der Waals surface area contributed by atoms with E-state index in [1.165, 1.54) is 19.2 Å². The SMILES string of the molecule is COc1cc(C(=O)N2C=C(c3ccc(N[C@@H](O)[C@H](C)NC(=O)[C@@H](OC(=O)NCC4c5ccccc5-c5ccccc54)C(C)C)cc3)C[C@H]2CO[Si](C)(C)C(C)(C)C)c([N+](=O)[O-])cc1O[Si](C(C)C)(C(C)C)C(C)C. The Morgan fingerprint density at radius 1 is 0.838 bits per heavy atom.